The third-order valence-electron chi connectivity index (χ3n) is 6.25. The molecule has 0 saturated carbocycles. The lowest BCUT2D eigenvalue weighted by atomic mass is 10.1. The maximum Gasteiger partial charge on any atom is 0.253 e. The standard InChI is InChI=1S/C24H31ClN4O/c1-2-26-10-16-29(17-11-26)24(30)21-7-5-6-20(18-21)19-27-12-14-28(15-13-27)23-9-4-3-8-22(23)25/h3-9,18H,2,10-17,19H2,1H3. The molecule has 0 atom stereocenters. The van der Waals surface area contributed by atoms with Gasteiger partial charge in [0.2, 0.25) is 0 Å². The van der Waals surface area contributed by atoms with E-state index in [0.717, 1.165) is 81.7 Å². The fourth-order valence-electron chi connectivity index (χ4n) is 4.37. The lowest BCUT2D eigenvalue weighted by molar-refractivity contribution is 0.0643. The summed E-state index contributed by atoms with van der Waals surface area (Å²) in [4.78, 5) is 22.1. The summed E-state index contributed by atoms with van der Waals surface area (Å²) in [5.41, 5.74) is 3.14. The number of nitrogens with zero attached hydrogens (tertiary/aromatic N) is 4. The highest BCUT2D eigenvalue weighted by Crippen LogP contribution is 2.26. The summed E-state index contributed by atoms with van der Waals surface area (Å²) in [6, 6.07) is 16.2. The second-order valence-corrected chi connectivity index (χ2v) is 8.55. The van der Waals surface area contributed by atoms with E-state index in [1.807, 2.05) is 35.2 Å². The molecule has 6 heteroatoms. The predicted octanol–water partition coefficient (Wildman–Crippen LogP) is 3.44. The number of rotatable bonds is 5. The summed E-state index contributed by atoms with van der Waals surface area (Å²) in [5, 5.41) is 0.817. The third kappa shape index (κ3) is 4.97. The van der Waals surface area contributed by atoms with E-state index in [2.05, 4.69) is 39.8 Å². The van der Waals surface area contributed by atoms with Crippen LogP contribution in [0.2, 0.25) is 5.02 Å². The SMILES string of the molecule is CCN1CCN(C(=O)c2cccc(CN3CCN(c4ccccc4Cl)CC3)c2)CC1. The van der Waals surface area contributed by atoms with Gasteiger partial charge in [-0.1, -0.05) is 42.8 Å². The number of piperazine rings is 2. The van der Waals surface area contributed by atoms with Gasteiger partial charge in [0.1, 0.15) is 0 Å². The van der Waals surface area contributed by atoms with Crippen molar-refractivity contribution in [1.29, 1.82) is 0 Å². The Hall–Kier alpha value is -2.08. The highest BCUT2D eigenvalue weighted by Gasteiger charge is 2.22. The molecule has 0 radical (unpaired) electrons. The highest BCUT2D eigenvalue weighted by atomic mass is 35.5. The van der Waals surface area contributed by atoms with Crippen molar-refractivity contribution in [1.82, 2.24) is 14.7 Å². The van der Waals surface area contributed by atoms with Gasteiger partial charge in [0.15, 0.2) is 0 Å². The summed E-state index contributed by atoms with van der Waals surface area (Å²) >= 11 is 6.36. The molecule has 0 spiro atoms. The fourth-order valence-corrected chi connectivity index (χ4v) is 4.62. The highest BCUT2D eigenvalue weighted by molar-refractivity contribution is 6.33. The Kier molecular flexibility index (Phi) is 6.93. The molecule has 5 nitrogen and oxygen atoms in total. The number of benzene rings is 2. The van der Waals surface area contributed by atoms with Gasteiger partial charge in [0.05, 0.1) is 10.7 Å². The maximum absolute atomic E-state index is 12.9. The van der Waals surface area contributed by atoms with Crippen LogP contribution in [0.25, 0.3) is 0 Å². The number of halogens is 1. The quantitative estimate of drug-likeness (QED) is 0.732. The fraction of sp³-hybridized carbons (Fsp3) is 0.458. The van der Waals surface area contributed by atoms with Crippen molar-refractivity contribution < 1.29 is 4.79 Å². The van der Waals surface area contributed by atoms with E-state index in [0.29, 0.717) is 0 Å². The van der Waals surface area contributed by atoms with E-state index >= 15 is 0 Å². The van der Waals surface area contributed by atoms with E-state index in [-0.39, 0.29) is 5.91 Å². The van der Waals surface area contributed by atoms with Crippen LogP contribution in [-0.2, 0) is 6.54 Å². The lowest BCUT2D eigenvalue weighted by Crippen LogP contribution is -2.48. The summed E-state index contributed by atoms with van der Waals surface area (Å²) in [5.74, 6) is 0.163. The molecule has 1 amide bonds. The predicted molar refractivity (Wildman–Crippen MR) is 123 cm³/mol. The summed E-state index contributed by atoms with van der Waals surface area (Å²) in [6.07, 6.45) is 0. The van der Waals surface area contributed by atoms with Crippen LogP contribution < -0.4 is 4.90 Å². The Bertz CT molecular complexity index is 858. The normalized spacial score (nSPS) is 18.6. The van der Waals surface area contributed by atoms with Gasteiger partial charge >= 0.3 is 0 Å². The van der Waals surface area contributed by atoms with Crippen LogP contribution in [0, 0.1) is 0 Å². The summed E-state index contributed by atoms with van der Waals surface area (Å²) in [6.45, 7) is 11.6. The average molecular weight is 427 g/mol. The lowest BCUT2D eigenvalue weighted by Gasteiger charge is -2.36. The molecule has 2 aliphatic heterocycles. The zero-order chi connectivity index (χ0) is 20.9. The molecule has 0 aliphatic carbocycles. The minimum Gasteiger partial charge on any atom is -0.368 e. The Morgan fingerprint density at radius 1 is 0.867 bits per heavy atom. The van der Waals surface area contributed by atoms with Crippen molar-refractivity contribution in [3.63, 3.8) is 0 Å². The molecule has 2 aromatic carbocycles. The molecule has 160 valence electrons. The molecular formula is C24H31ClN4O. The first-order chi connectivity index (χ1) is 14.6. The second kappa shape index (κ2) is 9.82. The van der Waals surface area contributed by atoms with Crippen molar-refractivity contribution in [2.75, 3.05) is 63.8 Å². The van der Waals surface area contributed by atoms with Crippen LogP contribution in [0.4, 0.5) is 5.69 Å². The number of carbonyl (C=O) groups excluding carboxylic acids is 1. The van der Waals surface area contributed by atoms with Gasteiger partial charge in [-0.25, -0.2) is 0 Å². The topological polar surface area (TPSA) is 30.0 Å². The minimum atomic E-state index is 0.163. The molecule has 0 bridgehead atoms. The van der Waals surface area contributed by atoms with E-state index in [9.17, 15) is 4.79 Å². The Morgan fingerprint density at radius 2 is 1.57 bits per heavy atom. The molecule has 0 N–H and O–H groups in total. The number of para-hydroxylation sites is 1. The number of amides is 1. The van der Waals surface area contributed by atoms with Crippen molar-refractivity contribution in [2.45, 2.75) is 13.5 Å². The molecule has 2 saturated heterocycles. The smallest absolute Gasteiger partial charge is 0.253 e. The number of anilines is 1. The van der Waals surface area contributed by atoms with E-state index in [1.54, 1.807) is 0 Å². The molecule has 4 rings (SSSR count). The molecule has 2 aromatic rings. The number of likely N-dealkylation sites (N-methyl/N-ethyl adjacent to an activating group) is 1. The van der Waals surface area contributed by atoms with Crippen molar-refractivity contribution in [2.24, 2.45) is 0 Å². The van der Waals surface area contributed by atoms with Crippen LogP contribution in [0.5, 0.6) is 0 Å². The van der Waals surface area contributed by atoms with Crippen LogP contribution in [0.3, 0.4) is 0 Å². The zero-order valence-electron chi connectivity index (χ0n) is 17.8. The first-order valence-corrected chi connectivity index (χ1v) is 11.3. The van der Waals surface area contributed by atoms with Gasteiger partial charge in [-0.05, 0) is 36.4 Å². The largest absolute Gasteiger partial charge is 0.368 e. The van der Waals surface area contributed by atoms with Gasteiger partial charge in [-0.2, -0.15) is 0 Å². The number of hydrogen-bond donors (Lipinski definition) is 0. The number of hydrogen-bond acceptors (Lipinski definition) is 4. The molecule has 30 heavy (non-hydrogen) atoms. The van der Waals surface area contributed by atoms with Gasteiger partial charge < -0.3 is 14.7 Å². The van der Waals surface area contributed by atoms with Gasteiger partial charge in [-0.15, -0.1) is 0 Å². The van der Waals surface area contributed by atoms with Gasteiger partial charge in [0, 0.05) is 64.5 Å². The second-order valence-electron chi connectivity index (χ2n) is 8.14. The molecule has 2 heterocycles. The molecule has 2 fully saturated rings. The first-order valence-electron chi connectivity index (χ1n) is 11.0. The molecule has 0 unspecified atom stereocenters. The van der Waals surface area contributed by atoms with Crippen molar-refractivity contribution in [3.05, 3.63) is 64.7 Å². The van der Waals surface area contributed by atoms with Crippen LogP contribution >= 0.6 is 11.6 Å². The van der Waals surface area contributed by atoms with Crippen molar-refractivity contribution >= 4 is 23.2 Å². The Morgan fingerprint density at radius 3 is 2.27 bits per heavy atom. The summed E-state index contributed by atoms with van der Waals surface area (Å²) in [7, 11) is 0. The zero-order valence-corrected chi connectivity index (χ0v) is 18.5. The Balaban J connectivity index is 1.33. The average Bonchev–Trinajstić information content (AvgIpc) is 2.80. The Labute approximate surface area is 184 Å². The molecule has 0 aromatic heterocycles. The van der Waals surface area contributed by atoms with E-state index in [1.165, 1.54) is 5.56 Å². The number of carbonyl (C=O) groups is 1. The monoisotopic (exact) mass is 426 g/mol. The van der Waals surface area contributed by atoms with Gasteiger partial charge in [0.25, 0.3) is 5.91 Å². The van der Waals surface area contributed by atoms with E-state index < -0.39 is 0 Å². The first kappa shape index (κ1) is 21.2. The third-order valence-corrected chi connectivity index (χ3v) is 6.57. The minimum absolute atomic E-state index is 0.163. The van der Waals surface area contributed by atoms with Gasteiger partial charge in [-0.3, -0.25) is 9.69 Å². The van der Waals surface area contributed by atoms with Crippen LogP contribution in [-0.4, -0.2) is 79.5 Å². The van der Waals surface area contributed by atoms with Crippen LogP contribution in [0.15, 0.2) is 48.5 Å². The van der Waals surface area contributed by atoms with E-state index in [4.69, 9.17) is 11.6 Å². The van der Waals surface area contributed by atoms with Crippen molar-refractivity contribution in [3.8, 4) is 0 Å². The van der Waals surface area contributed by atoms with Crippen LogP contribution in [0.1, 0.15) is 22.8 Å². The molecule has 2 aliphatic rings. The maximum atomic E-state index is 12.9. The summed E-state index contributed by atoms with van der Waals surface area (Å²) < 4.78 is 0. The molecular weight excluding hydrogens is 396 g/mol.